The van der Waals surface area contributed by atoms with Crippen molar-refractivity contribution < 1.29 is 4.74 Å². The Labute approximate surface area is 119 Å². The van der Waals surface area contributed by atoms with Crippen LogP contribution in [-0.2, 0) is 0 Å². The summed E-state index contributed by atoms with van der Waals surface area (Å²) >= 11 is 6.00. The van der Waals surface area contributed by atoms with Crippen LogP contribution in [0.3, 0.4) is 0 Å². The molecular formula is C16H18ClNO. The van der Waals surface area contributed by atoms with Gasteiger partial charge in [0.05, 0.1) is 6.61 Å². The van der Waals surface area contributed by atoms with Crippen molar-refractivity contribution in [1.29, 1.82) is 0 Å². The third-order valence-electron chi connectivity index (χ3n) is 3.08. The first-order chi connectivity index (χ1) is 9.19. The van der Waals surface area contributed by atoms with Crippen molar-refractivity contribution in [3.8, 4) is 5.75 Å². The van der Waals surface area contributed by atoms with Crippen LogP contribution in [0, 0.1) is 6.92 Å². The van der Waals surface area contributed by atoms with Crippen LogP contribution in [0.5, 0.6) is 5.75 Å². The number of benzene rings is 2. The maximum atomic E-state index is 6.00. The highest BCUT2D eigenvalue weighted by Gasteiger charge is 2.11. The second-order valence-electron chi connectivity index (χ2n) is 4.61. The lowest BCUT2D eigenvalue weighted by atomic mass is 10.0. The minimum absolute atomic E-state index is 0.153. The molecule has 2 aromatic rings. The Morgan fingerprint density at radius 2 is 1.89 bits per heavy atom. The van der Waals surface area contributed by atoms with E-state index in [2.05, 4.69) is 6.92 Å². The molecule has 0 aliphatic heterocycles. The molecule has 2 rings (SSSR count). The van der Waals surface area contributed by atoms with Gasteiger partial charge in [-0.3, -0.25) is 0 Å². The lowest BCUT2D eigenvalue weighted by molar-refractivity contribution is 0.290. The number of hydrogen-bond acceptors (Lipinski definition) is 2. The fourth-order valence-corrected chi connectivity index (χ4v) is 2.09. The topological polar surface area (TPSA) is 35.2 Å². The van der Waals surface area contributed by atoms with E-state index >= 15 is 0 Å². The molecule has 0 aliphatic rings. The van der Waals surface area contributed by atoms with Crippen LogP contribution in [-0.4, -0.2) is 13.2 Å². The average molecular weight is 276 g/mol. The smallest absolute Gasteiger partial charge is 0.119 e. The molecule has 0 aliphatic carbocycles. The molecule has 0 heterocycles. The maximum Gasteiger partial charge on any atom is 0.119 e. The van der Waals surface area contributed by atoms with Gasteiger partial charge in [-0.2, -0.15) is 0 Å². The van der Waals surface area contributed by atoms with E-state index < -0.39 is 0 Å². The Morgan fingerprint density at radius 3 is 2.53 bits per heavy atom. The van der Waals surface area contributed by atoms with Crippen LogP contribution in [0.2, 0.25) is 5.02 Å². The van der Waals surface area contributed by atoms with Crippen molar-refractivity contribution >= 4 is 11.6 Å². The van der Waals surface area contributed by atoms with Crippen molar-refractivity contribution in [3.05, 3.63) is 64.7 Å². The summed E-state index contributed by atoms with van der Waals surface area (Å²) in [5.41, 5.74) is 8.15. The Balaban J connectivity index is 2.01. The highest BCUT2D eigenvalue weighted by Crippen LogP contribution is 2.21. The van der Waals surface area contributed by atoms with E-state index in [-0.39, 0.29) is 5.92 Å². The summed E-state index contributed by atoms with van der Waals surface area (Å²) in [6.45, 7) is 3.14. The molecule has 0 radical (unpaired) electrons. The summed E-state index contributed by atoms with van der Waals surface area (Å²) in [5, 5.41) is 0.728. The zero-order valence-corrected chi connectivity index (χ0v) is 11.7. The summed E-state index contributed by atoms with van der Waals surface area (Å²) in [6.07, 6.45) is 0. The van der Waals surface area contributed by atoms with Gasteiger partial charge in [-0.25, -0.2) is 0 Å². The van der Waals surface area contributed by atoms with E-state index in [4.69, 9.17) is 22.1 Å². The number of nitrogens with two attached hydrogens (primary N) is 1. The first kappa shape index (κ1) is 13.9. The van der Waals surface area contributed by atoms with Gasteiger partial charge < -0.3 is 10.5 Å². The molecule has 0 aromatic heterocycles. The van der Waals surface area contributed by atoms with Gasteiger partial charge in [0.15, 0.2) is 0 Å². The van der Waals surface area contributed by atoms with E-state index in [1.165, 1.54) is 5.56 Å². The van der Waals surface area contributed by atoms with Crippen molar-refractivity contribution in [2.45, 2.75) is 12.8 Å². The Hall–Kier alpha value is -1.51. The molecule has 2 nitrogen and oxygen atoms in total. The lowest BCUT2D eigenvalue weighted by Crippen LogP contribution is -2.19. The van der Waals surface area contributed by atoms with E-state index in [0.717, 1.165) is 16.3 Å². The number of aryl methyl sites for hydroxylation is 1. The SMILES string of the molecule is Cc1ccc(OCC(CN)c2cccc(Cl)c2)cc1. The number of halogens is 1. The molecule has 3 heteroatoms. The minimum atomic E-state index is 0.153. The standard InChI is InChI=1S/C16H18ClNO/c1-12-5-7-16(8-6-12)19-11-14(10-18)13-3-2-4-15(17)9-13/h2-9,14H,10-11,18H2,1H3. The normalized spacial score (nSPS) is 12.2. The molecule has 0 fully saturated rings. The third-order valence-corrected chi connectivity index (χ3v) is 3.31. The quantitative estimate of drug-likeness (QED) is 0.901. The zero-order valence-electron chi connectivity index (χ0n) is 11.0. The van der Waals surface area contributed by atoms with Gasteiger partial charge in [-0.1, -0.05) is 41.4 Å². The van der Waals surface area contributed by atoms with Crippen molar-refractivity contribution in [3.63, 3.8) is 0 Å². The fourth-order valence-electron chi connectivity index (χ4n) is 1.89. The molecule has 2 N–H and O–H groups in total. The summed E-state index contributed by atoms with van der Waals surface area (Å²) in [5.74, 6) is 1.02. The average Bonchev–Trinajstić information content (AvgIpc) is 2.42. The van der Waals surface area contributed by atoms with Gasteiger partial charge in [0, 0.05) is 17.5 Å². The van der Waals surface area contributed by atoms with E-state index in [1.807, 2.05) is 48.5 Å². The van der Waals surface area contributed by atoms with Crippen LogP contribution in [0.15, 0.2) is 48.5 Å². The zero-order chi connectivity index (χ0) is 13.7. The fraction of sp³-hybridized carbons (Fsp3) is 0.250. The first-order valence-corrected chi connectivity index (χ1v) is 6.72. The van der Waals surface area contributed by atoms with E-state index in [0.29, 0.717) is 13.2 Å². The van der Waals surface area contributed by atoms with Crippen LogP contribution in [0.25, 0.3) is 0 Å². The molecule has 2 aromatic carbocycles. The largest absolute Gasteiger partial charge is 0.493 e. The molecular weight excluding hydrogens is 258 g/mol. The van der Waals surface area contributed by atoms with Crippen LogP contribution in [0.1, 0.15) is 17.0 Å². The van der Waals surface area contributed by atoms with Gasteiger partial charge in [-0.15, -0.1) is 0 Å². The van der Waals surface area contributed by atoms with Crippen molar-refractivity contribution in [2.24, 2.45) is 5.73 Å². The summed E-state index contributed by atoms with van der Waals surface area (Å²) < 4.78 is 5.79. The molecule has 0 bridgehead atoms. The van der Waals surface area contributed by atoms with Crippen molar-refractivity contribution in [1.82, 2.24) is 0 Å². The summed E-state index contributed by atoms with van der Waals surface area (Å²) in [6, 6.07) is 15.8. The van der Waals surface area contributed by atoms with Crippen LogP contribution >= 0.6 is 11.6 Å². The number of ether oxygens (including phenoxy) is 1. The van der Waals surface area contributed by atoms with Crippen LogP contribution in [0.4, 0.5) is 0 Å². The van der Waals surface area contributed by atoms with E-state index in [9.17, 15) is 0 Å². The molecule has 1 unspecified atom stereocenters. The molecule has 0 saturated carbocycles. The Bertz CT molecular complexity index is 525. The summed E-state index contributed by atoms with van der Waals surface area (Å²) in [4.78, 5) is 0. The second kappa shape index (κ2) is 6.60. The Kier molecular flexibility index (Phi) is 4.83. The molecule has 19 heavy (non-hydrogen) atoms. The predicted molar refractivity (Wildman–Crippen MR) is 79.9 cm³/mol. The monoisotopic (exact) mass is 275 g/mol. The minimum Gasteiger partial charge on any atom is -0.493 e. The second-order valence-corrected chi connectivity index (χ2v) is 5.05. The van der Waals surface area contributed by atoms with Gasteiger partial charge in [-0.05, 0) is 36.8 Å². The van der Waals surface area contributed by atoms with Gasteiger partial charge >= 0.3 is 0 Å². The molecule has 0 spiro atoms. The highest BCUT2D eigenvalue weighted by atomic mass is 35.5. The van der Waals surface area contributed by atoms with Gasteiger partial charge in [0.25, 0.3) is 0 Å². The first-order valence-electron chi connectivity index (χ1n) is 6.34. The number of rotatable bonds is 5. The van der Waals surface area contributed by atoms with Crippen molar-refractivity contribution in [2.75, 3.05) is 13.2 Å². The molecule has 100 valence electrons. The lowest BCUT2D eigenvalue weighted by Gasteiger charge is -2.16. The van der Waals surface area contributed by atoms with Crippen LogP contribution < -0.4 is 10.5 Å². The molecule has 0 amide bonds. The predicted octanol–water partition coefficient (Wildman–Crippen LogP) is 3.77. The highest BCUT2D eigenvalue weighted by molar-refractivity contribution is 6.30. The van der Waals surface area contributed by atoms with E-state index in [1.54, 1.807) is 0 Å². The molecule has 0 saturated heterocycles. The Morgan fingerprint density at radius 1 is 1.16 bits per heavy atom. The number of hydrogen-bond donors (Lipinski definition) is 1. The molecule has 1 atom stereocenters. The summed E-state index contributed by atoms with van der Waals surface area (Å²) in [7, 11) is 0. The van der Waals surface area contributed by atoms with Gasteiger partial charge in [0.1, 0.15) is 5.75 Å². The van der Waals surface area contributed by atoms with Gasteiger partial charge in [0.2, 0.25) is 0 Å². The third kappa shape index (κ3) is 3.98. The maximum absolute atomic E-state index is 6.00.